The number of imide groups is 1. The first-order chi connectivity index (χ1) is 10.1. The molecule has 7 heteroatoms. The summed E-state index contributed by atoms with van der Waals surface area (Å²) in [4.78, 5) is 25.6. The highest BCUT2D eigenvalue weighted by Gasteiger charge is 2.52. The van der Waals surface area contributed by atoms with Gasteiger partial charge in [0.25, 0.3) is 5.91 Å². The van der Waals surface area contributed by atoms with Crippen LogP contribution in [0, 0.1) is 0 Å². The number of halogens is 1. The Morgan fingerprint density at radius 3 is 3.00 bits per heavy atom. The Morgan fingerprint density at radius 2 is 2.29 bits per heavy atom. The summed E-state index contributed by atoms with van der Waals surface area (Å²) in [5, 5.41) is 3.41. The molecule has 2 fully saturated rings. The van der Waals surface area contributed by atoms with Gasteiger partial charge in [-0.3, -0.25) is 9.69 Å². The second-order valence-corrected chi connectivity index (χ2v) is 6.62. The van der Waals surface area contributed by atoms with Gasteiger partial charge < -0.3 is 10.1 Å². The lowest BCUT2D eigenvalue weighted by Crippen LogP contribution is -2.47. The van der Waals surface area contributed by atoms with Crippen molar-refractivity contribution >= 4 is 35.3 Å². The molecule has 1 aromatic carbocycles. The molecule has 0 unspecified atom stereocenters. The van der Waals surface area contributed by atoms with E-state index in [2.05, 4.69) is 5.32 Å². The molecule has 1 atom stereocenters. The summed E-state index contributed by atoms with van der Waals surface area (Å²) in [6, 6.07) is 6.70. The van der Waals surface area contributed by atoms with E-state index < -0.39 is 5.54 Å². The number of ether oxygens (including phenoxy) is 1. The molecular formula is C14H15ClN2O3S. The number of nitrogens with one attached hydrogen (secondary N) is 1. The molecule has 0 radical (unpaired) electrons. The molecule has 3 amide bonds. The predicted molar refractivity (Wildman–Crippen MR) is 81.9 cm³/mol. The van der Waals surface area contributed by atoms with E-state index in [1.54, 1.807) is 36.0 Å². The smallest absolute Gasteiger partial charge is 0.325 e. The minimum absolute atomic E-state index is 0.132. The highest BCUT2D eigenvalue weighted by atomic mass is 35.5. The number of amides is 3. The van der Waals surface area contributed by atoms with Gasteiger partial charge in [0, 0.05) is 10.8 Å². The Labute approximate surface area is 132 Å². The maximum absolute atomic E-state index is 12.4. The van der Waals surface area contributed by atoms with Crippen LogP contribution in [0.25, 0.3) is 0 Å². The third-order valence-corrected chi connectivity index (χ3v) is 5.07. The molecule has 2 aliphatic heterocycles. The third-order valence-electron chi connectivity index (χ3n) is 3.65. The normalized spacial score (nSPS) is 24.7. The SMILES string of the molecule is O=C1N[C@]2(CCSC2)C(=O)N1CCOc1cccc(Cl)c1. The van der Waals surface area contributed by atoms with Crippen molar-refractivity contribution in [3.05, 3.63) is 29.3 Å². The van der Waals surface area contributed by atoms with Crippen LogP contribution >= 0.6 is 23.4 Å². The van der Waals surface area contributed by atoms with Crippen LogP contribution in [0.5, 0.6) is 5.75 Å². The minimum Gasteiger partial charge on any atom is -0.492 e. The molecule has 1 N–H and O–H groups in total. The first-order valence-corrected chi connectivity index (χ1v) is 8.24. The van der Waals surface area contributed by atoms with Crippen molar-refractivity contribution in [3.8, 4) is 5.75 Å². The summed E-state index contributed by atoms with van der Waals surface area (Å²) in [7, 11) is 0. The molecule has 2 heterocycles. The summed E-state index contributed by atoms with van der Waals surface area (Å²) in [6.07, 6.45) is 0.702. The highest BCUT2D eigenvalue weighted by molar-refractivity contribution is 7.99. The summed E-state index contributed by atoms with van der Waals surface area (Å²) >= 11 is 7.56. The number of hydrogen-bond acceptors (Lipinski definition) is 4. The average molecular weight is 327 g/mol. The van der Waals surface area contributed by atoms with E-state index in [1.807, 2.05) is 0 Å². The molecule has 0 saturated carbocycles. The van der Waals surface area contributed by atoms with E-state index >= 15 is 0 Å². The van der Waals surface area contributed by atoms with Gasteiger partial charge in [-0.15, -0.1) is 0 Å². The van der Waals surface area contributed by atoms with Crippen molar-refractivity contribution in [2.75, 3.05) is 24.7 Å². The van der Waals surface area contributed by atoms with E-state index in [4.69, 9.17) is 16.3 Å². The zero-order valence-electron chi connectivity index (χ0n) is 11.3. The topological polar surface area (TPSA) is 58.6 Å². The Balaban J connectivity index is 1.58. The van der Waals surface area contributed by atoms with Crippen LogP contribution in [0.15, 0.2) is 24.3 Å². The van der Waals surface area contributed by atoms with Gasteiger partial charge in [-0.25, -0.2) is 4.79 Å². The minimum atomic E-state index is -0.683. The second-order valence-electron chi connectivity index (χ2n) is 5.08. The predicted octanol–water partition coefficient (Wildman–Crippen LogP) is 2.15. The lowest BCUT2D eigenvalue weighted by atomic mass is 9.99. The molecule has 21 heavy (non-hydrogen) atoms. The summed E-state index contributed by atoms with van der Waals surface area (Å²) in [5.74, 6) is 2.05. The molecule has 0 aromatic heterocycles. The largest absolute Gasteiger partial charge is 0.492 e. The van der Waals surface area contributed by atoms with Crippen molar-refractivity contribution in [3.63, 3.8) is 0 Å². The number of benzene rings is 1. The Morgan fingerprint density at radius 1 is 1.43 bits per heavy atom. The molecule has 0 aliphatic carbocycles. The van der Waals surface area contributed by atoms with Crippen LogP contribution in [0.3, 0.4) is 0 Å². The van der Waals surface area contributed by atoms with E-state index in [9.17, 15) is 9.59 Å². The fourth-order valence-corrected chi connectivity index (χ4v) is 4.03. The monoisotopic (exact) mass is 326 g/mol. The number of carbonyl (C=O) groups excluding carboxylic acids is 2. The lowest BCUT2D eigenvalue weighted by molar-refractivity contribution is -0.130. The van der Waals surface area contributed by atoms with Gasteiger partial charge in [-0.05, 0) is 30.4 Å². The van der Waals surface area contributed by atoms with Gasteiger partial charge >= 0.3 is 6.03 Å². The van der Waals surface area contributed by atoms with Crippen LogP contribution in [0.4, 0.5) is 4.79 Å². The molecule has 3 rings (SSSR count). The third kappa shape index (κ3) is 2.82. The number of urea groups is 1. The number of nitrogens with zero attached hydrogens (tertiary/aromatic N) is 1. The molecule has 2 aliphatic rings. The van der Waals surface area contributed by atoms with Gasteiger partial charge in [0.1, 0.15) is 17.9 Å². The number of rotatable bonds is 4. The van der Waals surface area contributed by atoms with Crippen molar-refractivity contribution in [1.82, 2.24) is 10.2 Å². The molecule has 0 bridgehead atoms. The van der Waals surface area contributed by atoms with Crippen LogP contribution in [-0.4, -0.2) is 47.0 Å². The zero-order chi connectivity index (χ0) is 14.9. The van der Waals surface area contributed by atoms with Gasteiger partial charge in [0.05, 0.1) is 6.54 Å². The highest BCUT2D eigenvalue weighted by Crippen LogP contribution is 2.33. The quantitative estimate of drug-likeness (QED) is 0.861. The van der Waals surface area contributed by atoms with Crippen LogP contribution in [0.1, 0.15) is 6.42 Å². The maximum Gasteiger partial charge on any atom is 0.325 e. The Kier molecular flexibility index (Phi) is 3.99. The van der Waals surface area contributed by atoms with Gasteiger partial charge in [-0.2, -0.15) is 11.8 Å². The zero-order valence-corrected chi connectivity index (χ0v) is 12.9. The van der Waals surface area contributed by atoms with Crippen LogP contribution in [-0.2, 0) is 4.79 Å². The van der Waals surface area contributed by atoms with Crippen molar-refractivity contribution in [2.24, 2.45) is 0 Å². The number of carbonyl (C=O) groups is 2. The van der Waals surface area contributed by atoms with E-state index in [-0.39, 0.29) is 25.1 Å². The summed E-state index contributed by atoms with van der Waals surface area (Å²) in [5.41, 5.74) is -0.683. The molecule has 1 spiro atoms. The van der Waals surface area contributed by atoms with Gasteiger partial charge in [-0.1, -0.05) is 17.7 Å². The van der Waals surface area contributed by atoms with E-state index in [1.165, 1.54) is 4.90 Å². The first kappa shape index (κ1) is 14.5. The van der Waals surface area contributed by atoms with Crippen LogP contribution in [0.2, 0.25) is 5.02 Å². The fraction of sp³-hybridized carbons (Fsp3) is 0.429. The standard InChI is InChI=1S/C14H15ClN2O3S/c15-10-2-1-3-11(8-10)20-6-5-17-12(18)14(16-13(17)19)4-7-21-9-14/h1-3,8H,4-7,9H2,(H,16,19)/t14-/m0/s1. The summed E-state index contributed by atoms with van der Waals surface area (Å²) in [6.45, 7) is 0.492. The molecule has 5 nitrogen and oxygen atoms in total. The van der Waals surface area contributed by atoms with Gasteiger partial charge in [0.2, 0.25) is 0 Å². The first-order valence-electron chi connectivity index (χ1n) is 6.71. The second kappa shape index (κ2) is 5.77. The number of thioether (sulfide) groups is 1. The van der Waals surface area contributed by atoms with Gasteiger partial charge in [0.15, 0.2) is 0 Å². The van der Waals surface area contributed by atoms with Crippen LogP contribution < -0.4 is 10.1 Å². The molecular weight excluding hydrogens is 312 g/mol. The average Bonchev–Trinajstić information content (AvgIpc) is 3.00. The maximum atomic E-state index is 12.4. The molecule has 2 saturated heterocycles. The van der Waals surface area contributed by atoms with E-state index in [0.29, 0.717) is 22.9 Å². The van der Waals surface area contributed by atoms with Crippen molar-refractivity contribution in [2.45, 2.75) is 12.0 Å². The van der Waals surface area contributed by atoms with E-state index in [0.717, 1.165) is 5.75 Å². The van der Waals surface area contributed by atoms with Crippen molar-refractivity contribution < 1.29 is 14.3 Å². The molecule has 112 valence electrons. The Hall–Kier alpha value is -1.40. The summed E-state index contributed by atoms with van der Waals surface area (Å²) < 4.78 is 5.53. The fourth-order valence-electron chi connectivity index (χ4n) is 2.52. The number of hydrogen-bond donors (Lipinski definition) is 1. The molecule has 1 aromatic rings. The Bertz CT molecular complexity index is 575. The lowest BCUT2D eigenvalue weighted by Gasteiger charge is -2.19. The van der Waals surface area contributed by atoms with Crippen molar-refractivity contribution in [1.29, 1.82) is 0 Å².